The third-order valence-electron chi connectivity index (χ3n) is 8.11. The van der Waals surface area contributed by atoms with Crippen LogP contribution in [0.15, 0.2) is 0 Å². The molecule has 8 nitrogen and oxygen atoms in total. The second-order valence-corrected chi connectivity index (χ2v) is 12.6. The molecule has 0 aromatic carbocycles. The average Bonchev–Trinajstić information content (AvgIpc) is 3.32. The minimum absolute atomic E-state index is 0.00451. The first kappa shape index (κ1) is 28.3. The van der Waals surface area contributed by atoms with Crippen LogP contribution < -0.4 is 0 Å². The fourth-order valence-corrected chi connectivity index (χ4v) is 8.52. The lowest BCUT2D eigenvalue weighted by Crippen LogP contribution is -2.52. The van der Waals surface area contributed by atoms with Crippen LogP contribution in [-0.4, -0.2) is 95.2 Å². The van der Waals surface area contributed by atoms with Gasteiger partial charge in [-0.05, 0) is 63.2 Å². The molecular formula is C25H46O8S. The van der Waals surface area contributed by atoms with Gasteiger partial charge in [-0.25, -0.2) is 8.42 Å². The molecule has 2 aliphatic carbocycles. The zero-order chi connectivity index (χ0) is 24.9. The summed E-state index contributed by atoms with van der Waals surface area (Å²) in [5, 5.41) is 10.3. The number of ether oxygens (including phenoxy) is 5. The lowest BCUT2D eigenvalue weighted by molar-refractivity contribution is -0.157. The van der Waals surface area contributed by atoms with E-state index < -0.39 is 27.3 Å². The molecule has 8 atom stereocenters. The summed E-state index contributed by atoms with van der Waals surface area (Å²) < 4.78 is 55.8. The molecule has 200 valence electrons. The first-order chi connectivity index (χ1) is 16.3. The standard InChI is InChI=1S/C25H46O8S/c1-6-10-32-24-18(26)12-16(15-23(24)34(27,28)11-7-2)19-8-9-20(33-19)17-13-21(29-3)25(31-5)22(14-17)30-4/h16-26H,6-15H2,1-5H3/t16?,17?,18?,19-,20-,21?,22?,23?,24?,25?/m0/s1. The Labute approximate surface area is 205 Å². The molecule has 1 heterocycles. The fourth-order valence-electron chi connectivity index (χ4n) is 6.43. The highest BCUT2D eigenvalue weighted by molar-refractivity contribution is 7.92. The zero-order valence-corrected chi connectivity index (χ0v) is 22.4. The molecule has 3 rings (SSSR count). The first-order valence-electron chi connectivity index (χ1n) is 13.0. The largest absolute Gasteiger partial charge is 0.390 e. The normalized spacial score (nSPS) is 41.6. The van der Waals surface area contributed by atoms with Crippen LogP contribution in [0.5, 0.6) is 0 Å². The van der Waals surface area contributed by atoms with Gasteiger partial charge >= 0.3 is 0 Å². The molecule has 0 amide bonds. The van der Waals surface area contributed by atoms with E-state index in [1.54, 1.807) is 21.3 Å². The maximum atomic E-state index is 13.1. The van der Waals surface area contributed by atoms with Crippen molar-refractivity contribution >= 4 is 9.84 Å². The van der Waals surface area contributed by atoms with Crippen molar-refractivity contribution in [2.75, 3.05) is 33.7 Å². The number of aliphatic hydroxyl groups excluding tert-OH is 1. The number of hydrogen-bond donors (Lipinski definition) is 1. The summed E-state index contributed by atoms with van der Waals surface area (Å²) in [7, 11) is 1.75. The van der Waals surface area contributed by atoms with Gasteiger partial charge in [-0.15, -0.1) is 0 Å². The molecule has 1 N–H and O–H groups in total. The van der Waals surface area contributed by atoms with Crippen molar-refractivity contribution in [3.8, 4) is 0 Å². The van der Waals surface area contributed by atoms with Gasteiger partial charge < -0.3 is 28.8 Å². The van der Waals surface area contributed by atoms with Crippen LogP contribution in [0.2, 0.25) is 0 Å². The number of sulfone groups is 1. The van der Waals surface area contributed by atoms with E-state index in [2.05, 4.69) is 0 Å². The summed E-state index contributed by atoms with van der Waals surface area (Å²) in [5.74, 6) is 0.418. The summed E-state index contributed by atoms with van der Waals surface area (Å²) >= 11 is 0. The Morgan fingerprint density at radius 1 is 0.824 bits per heavy atom. The van der Waals surface area contributed by atoms with E-state index in [9.17, 15) is 13.5 Å². The Bertz CT molecular complexity index is 702. The van der Waals surface area contributed by atoms with E-state index in [0.29, 0.717) is 31.8 Å². The van der Waals surface area contributed by atoms with Crippen LogP contribution >= 0.6 is 0 Å². The van der Waals surface area contributed by atoms with Crippen molar-refractivity contribution in [1.82, 2.24) is 0 Å². The van der Waals surface area contributed by atoms with Crippen LogP contribution in [0, 0.1) is 11.8 Å². The van der Waals surface area contributed by atoms with Crippen LogP contribution in [0.1, 0.15) is 65.2 Å². The minimum Gasteiger partial charge on any atom is -0.390 e. The van der Waals surface area contributed by atoms with Crippen LogP contribution in [0.4, 0.5) is 0 Å². The predicted molar refractivity (Wildman–Crippen MR) is 130 cm³/mol. The van der Waals surface area contributed by atoms with Crippen molar-refractivity contribution in [3.05, 3.63) is 0 Å². The van der Waals surface area contributed by atoms with E-state index >= 15 is 0 Å². The summed E-state index contributed by atoms with van der Waals surface area (Å²) in [5.41, 5.74) is 0. The Morgan fingerprint density at radius 2 is 1.41 bits per heavy atom. The molecule has 2 saturated carbocycles. The van der Waals surface area contributed by atoms with Crippen molar-refractivity contribution in [3.63, 3.8) is 0 Å². The molecule has 1 aliphatic heterocycles. The van der Waals surface area contributed by atoms with Gasteiger partial charge in [0.2, 0.25) is 0 Å². The van der Waals surface area contributed by atoms with Gasteiger partial charge in [-0.2, -0.15) is 0 Å². The molecule has 3 aliphatic rings. The Morgan fingerprint density at radius 3 is 1.91 bits per heavy atom. The highest BCUT2D eigenvalue weighted by atomic mass is 32.2. The van der Waals surface area contributed by atoms with E-state index in [-0.39, 0.29) is 42.2 Å². The average molecular weight is 507 g/mol. The number of hydrogen-bond acceptors (Lipinski definition) is 8. The molecule has 9 heteroatoms. The molecule has 0 bridgehead atoms. The van der Waals surface area contributed by atoms with E-state index in [4.69, 9.17) is 23.7 Å². The third-order valence-corrected chi connectivity index (χ3v) is 10.5. The van der Waals surface area contributed by atoms with Crippen molar-refractivity contribution in [2.45, 2.75) is 113 Å². The van der Waals surface area contributed by atoms with E-state index in [1.165, 1.54) is 0 Å². The second-order valence-electron chi connectivity index (χ2n) is 10.3. The molecular weight excluding hydrogens is 460 g/mol. The van der Waals surface area contributed by atoms with E-state index in [0.717, 1.165) is 32.1 Å². The third kappa shape index (κ3) is 6.33. The SMILES string of the molecule is CCCOC1C(O)CC([C@@H]2CC[C@@H](C3CC(OC)C(OC)C(OC)C3)O2)CC1S(=O)(=O)CCC. The summed E-state index contributed by atoms with van der Waals surface area (Å²) in [6.45, 7) is 4.32. The lowest BCUT2D eigenvalue weighted by Gasteiger charge is -2.42. The van der Waals surface area contributed by atoms with Gasteiger partial charge in [0.05, 0.1) is 41.5 Å². The molecule has 0 radical (unpaired) electrons. The Balaban J connectivity index is 1.69. The molecule has 0 spiro atoms. The van der Waals surface area contributed by atoms with E-state index in [1.807, 2.05) is 13.8 Å². The molecule has 3 fully saturated rings. The summed E-state index contributed by atoms with van der Waals surface area (Å²) in [6, 6.07) is 0. The van der Waals surface area contributed by atoms with Crippen molar-refractivity contribution in [1.29, 1.82) is 0 Å². The minimum atomic E-state index is -3.36. The Hall–Kier alpha value is -0.290. The van der Waals surface area contributed by atoms with Gasteiger partial charge in [0.15, 0.2) is 9.84 Å². The van der Waals surface area contributed by atoms with Gasteiger partial charge in [-0.1, -0.05) is 13.8 Å². The number of rotatable bonds is 11. The molecule has 6 unspecified atom stereocenters. The van der Waals surface area contributed by atoms with Crippen LogP contribution in [0.25, 0.3) is 0 Å². The fraction of sp³-hybridized carbons (Fsp3) is 1.00. The highest BCUT2D eigenvalue weighted by Gasteiger charge is 2.49. The monoisotopic (exact) mass is 506 g/mol. The van der Waals surface area contributed by atoms with Gasteiger partial charge in [0.1, 0.15) is 12.2 Å². The van der Waals surface area contributed by atoms with Gasteiger partial charge in [0.25, 0.3) is 0 Å². The first-order valence-corrected chi connectivity index (χ1v) is 14.8. The van der Waals surface area contributed by atoms with Gasteiger partial charge in [0, 0.05) is 27.9 Å². The number of aliphatic hydroxyl groups is 1. The van der Waals surface area contributed by atoms with Crippen LogP contribution in [0.3, 0.4) is 0 Å². The Kier molecular flexibility index (Phi) is 10.6. The van der Waals surface area contributed by atoms with Crippen molar-refractivity contribution in [2.24, 2.45) is 11.8 Å². The molecule has 34 heavy (non-hydrogen) atoms. The maximum Gasteiger partial charge on any atom is 0.155 e. The molecule has 1 saturated heterocycles. The highest BCUT2D eigenvalue weighted by Crippen LogP contribution is 2.43. The maximum absolute atomic E-state index is 13.1. The number of methoxy groups -OCH3 is 3. The smallest absolute Gasteiger partial charge is 0.155 e. The lowest BCUT2D eigenvalue weighted by atomic mass is 9.79. The quantitative estimate of drug-likeness (QED) is 0.457. The molecule has 0 aromatic rings. The second kappa shape index (κ2) is 12.8. The predicted octanol–water partition coefficient (Wildman–Crippen LogP) is 2.75. The zero-order valence-electron chi connectivity index (χ0n) is 21.6. The van der Waals surface area contributed by atoms with Gasteiger partial charge in [-0.3, -0.25) is 0 Å². The molecule has 0 aromatic heterocycles. The topological polar surface area (TPSA) is 101 Å². The van der Waals surface area contributed by atoms with Crippen molar-refractivity contribution < 1.29 is 37.2 Å². The van der Waals surface area contributed by atoms with Crippen LogP contribution in [-0.2, 0) is 33.5 Å². The summed E-state index contributed by atoms with van der Waals surface area (Å²) in [6.07, 6.45) is 4.24. The summed E-state index contributed by atoms with van der Waals surface area (Å²) in [4.78, 5) is 0.